The zero-order chi connectivity index (χ0) is 15.2. The van der Waals surface area contributed by atoms with E-state index in [1.807, 2.05) is 31.5 Å². The number of pyridine rings is 1. The van der Waals surface area contributed by atoms with Gasteiger partial charge < -0.3 is 10.1 Å². The predicted octanol–water partition coefficient (Wildman–Crippen LogP) is 4.23. The molecule has 112 valence electrons. The highest BCUT2D eigenvalue weighted by Crippen LogP contribution is 2.24. The predicted molar refractivity (Wildman–Crippen MR) is 89.4 cm³/mol. The molecule has 21 heavy (non-hydrogen) atoms. The van der Waals surface area contributed by atoms with Crippen molar-refractivity contribution in [1.29, 1.82) is 0 Å². The summed E-state index contributed by atoms with van der Waals surface area (Å²) in [6.45, 7) is 7.63. The summed E-state index contributed by atoms with van der Waals surface area (Å²) in [5.41, 5.74) is 3.38. The Labute approximate surface area is 134 Å². The maximum absolute atomic E-state index is 5.96. The number of aromatic nitrogens is 1. The summed E-state index contributed by atoms with van der Waals surface area (Å²) in [5, 5.41) is 3.42. The average Bonchev–Trinajstić information content (AvgIpc) is 2.44. The third-order valence-corrected chi connectivity index (χ3v) is 3.54. The van der Waals surface area contributed by atoms with Gasteiger partial charge in [-0.15, -0.1) is 0 Å². The number of ether oxygens (including phenoxy) is 1. The zero-order valence-corrected chi connectivity index (χ0v) is 14.3. The fourth-order valence-electron chi connectivity index (χ4n) is 2.00. The van der Waals surface area contributed by atoms with E-state index < -0.39 is 0 Å². The second-order valence-electron chi connectivity index (χ2n) is 5.45. The molecule has 0 aliphatic rings. The summed E-state index contributed by atoms with van der Waals surface area (Å²) in [7, 11) is 0. The van der Waals surface area contributed by atoms with Gasteiger partial charge in [-0.2, -0.15) is 0 Å². The highest BCUT2D eigenvalue weighted by atomic mass is 79.9. The second kappa shape index (κ2) is 7.57. The van der Waals surface area contributed by atoms with Gasteiger partial charge in [0, 0.05) is 40.6 Å². The number of rotatable bonds is 6. The van der Waals surface area contributed by atoms with Crippen LogP contribution in [-0.4, -0.2) is 11.0 Å². The van der Waals surface area contributed by atoms with Crippen molar-refractivity contribution in [3.63, 3.8) is 0 Å². The highest BCUT2D eigenvalue weighted by Gasteiger charge is 2.06. The molecular formula is C17H21BrN2O. The molecule has 2 aromatic rings. The number of hydrogen-bond acceptors (Lipinski definition) is 3. The van der Waals surface area contributed by atoms with Crippen molar-refractivity contribution in [3.05, 3.63) is 57.8 Å². The Morgan fingerprint density at radius 2 is 2.05 bits per heavy atom. The summed E-state index contributed by atoms with van der Waals surface area (Å²) in [5.74, 6) is 0.910. The van der Waals surface area contributed by atoms with Crippen LogP contribution in [0.5, 0.6) is 5.75 Å². The Kier molecular flexibility index (Phi) is 5.76. The van der Waals surface area contributed by atoms with Crippen LogP contribution in [-0.2, 0) is 13.2 Å². The second-order valence-corrected chi connectivity index (χ2v) is 6.36. The molecule has 0 spiro atoms. The van der Waals surface area contributed by atoms with Gasteiger partial charge in [-0.3, -0.25) is 4.98 Å². The number of hydrogen-bond donors (Lipinski definition) is 1. The first kappa shape index (κ1) is 16.0. The van der Waals surface area contributed by atoms with Gasteiger partial charge in [-0.1, -0.05) is 29.8 Å². The summed E-state index contributed by atoms with van der Waals surface area (Å²) in [4.78, 5) is 4.19. The van der Waals surface area contributed by atoms with Gasteiger partial charge in [0.05, 0.1) is 0 Å². The highest BCUT2D eigenvalue weighted by molar-refractivity contribution is 9.10. The van der Waals surface area contributed by atoms with E-state index in [0.29, 0.717) is 12.6 Å². The molecule has 0 aliphatic carbocycles. The summed E-state index contributed by atoms with van der Waals surface area (Å²) in [6.07, 6.45) is 3.69. The van der Waals surface area contributed by atoms with Gasteiger partial charge in [0.2, 0.25) is 0 Å². The Balaban J connectivity index is 2.08. The Morgan fingerprint density at radius 1 is 1.24 bits per heavy atom. The third kappa shape index (κ3) is 5.14. The SMILES string of the molecule is Cc1cncc(COc2ccc(Br)cc2CNC(C)C)c1. The molecule has 0 radical (unpaired) electrons. The first-order valence-corrected chi connectivity index (χ1v) is 7.89. The molecule has 1 N–H and O–H groups in total. The van der Waals surface area contributed by atoms with Crippen molar-refractivity contribution in [2.24, 2.45) is 0 Å². The minimum Gasteiger partial charge on any atom is -0.489 e. The van der Waals surface area contributed by atoms with Crippen molar-refractivity contribution in [1.82, 2.24) is 10.3 Å². The largest absolute Gasteiger partial charge is 0.489 e. The number of nitrogens with one attached hydrogen (secondary N) is 1. The van der Waals surface area contributed by atoms with Crippen molar-refractivity contribution < 1.29 is 4.74 Å². The van der Waals surface area contributed by atoms with Crippen LogP contribution in [0.4, 0.5) is 0 Å². The molecule has 1 aromatic carbocycles. The Bertz CT molecular complexity index is 599. The van der Waals surface area contributed by atoms with E-state index in [-0.39, 0.29) is 0 Å². The molecule has 0 unspecified atom stereocenters. The molecule has 3 nitrogen and oxygen atoms in total. The van der Waals surface area contributed by atoms with Crippen LogP contribution in [0.15, 0.2) is 41.1 Å². The molecule has 0 atom stereocenters. The lowest BCUT2D eigenvalue weighted by Crippen LogP contribution is -2.22. The Morgan fingerprint density at radius 3 is 2.76 bits per heavy atom. The monoisotopic (exact) mass is 348 g/mol. The molecule has 4 heteroatoms. The first-order chi connectivity index (χ1) is 10.0. The van der Waals surface area contributed by atoms with Gasteiger partial charge >= 0.3 is 0 Å². The number of aryl methyl sites for hydroxylation is 1. The van der Waals surface area contributed by atoms with E-state index in [1.165, 1.54) is 0 Å². The van der Waals surface area contributed by atoms with Crippen LogP contribution in [0.3, 0.4) is 0 Å². The van der Waals surface area contributed by atoms with Gasteiger partial charge in [0.25, 0.3) is 0 Å². The minimum atomic E-state index is 0.442. The van der Waals surface area contributed by atoms with Crippen molar-refractivity contribution >= 4 is 15.9 Å². The molecule has 0 amide bonds. The summed E-state index contributed by atoms with van der Waals surface area (Å²) < 4.78 is 7.03. The molecule has 0 saturated carbocycles. The molecular weight excluding hydrogens is 328 g/mol. The lowest BCUT2D eigenvalue weighted by atomic mass is 10.2. The molecule has 1 aromatic heterocycles. The average molecular weight is 349 g/mol. The number of nitrogens with zero attached hydrogens (tertiary/aromatic N) is 1. The molecule has 0 aliphatic heterocycles. The van der Waals surface area contributed by atoms with E-state index in [1.54, 1.807) is 0 Å². The quantitative estimate of drug-likeness (QED) is 0.848. The van der Waals surface area contributed by atoms with E-state index >= 15 is 0 Å². The fourth-order valence-corrected chi connectivity index (χ4v) is 2.41. The van der Waals surface area contributed by atoms with Gasteiger partial charge in [0.1, 0.15) is 12.4 Å². The van der Waals surface area contributed by atoms with Gasteiger partial charge in [0.15, 0.2) is 0 Å². The van der Waals surface area contributed by atoms with E-state index in [4.69, 9.17) is 4.74 Å². The fraction of sp³-hybridized carbons (Fsp3) is 0.353. The third-order valence-electron chi connectivity index (χ3n) is 3.05. The number of benzene rings is 1. The van der Waals surface area contributed by atoms with Crippen LogP contribution >= 0.6 is 15.9 Å². The minimum absolute atomic E-state index is 0.442. The first-order valence-electron chi connectivity index (χ1n) is 7.09. The van der Waals surface area contributed by atoms with Crippen LogP contribution < -0.4 is 10.1 Å². The maximum Gasteiger partial charge on any atom is 0.124 e. The molecule has 0 saturated heterocycles. The normalized spacial score (nSPS) is 10.9. The standard InChI is InChI=1S/C17H21BrN2O/c1-12(2)20-10-15-7-16(18)4-5-17(15)21-11-14-6-13(3)8-19-9-14/h4-9,12,20H,10-11H2,1-3H3. The Hall–Kier alpha value is -1.39. The summed E-state index contributed by atoms with van der Waals surface area (Å²) in [6, 6.07) is 8.64. The van der Waals surface area contributed by atoms with Gasteiger partial charge in [-0.25, -0.2) is 0 Å². The van der Waals surface area contributed by atoms with Crippen molar-refractivity contribution in [2.75, 3.05) is 0 Å². The van der Waals surface area contributed by atoms with E-state index in [2.05, 4.69) is 52.2 Å². The lowest BCUT2D eigenvalue weighted by Gasteiger charge is -2.14. The van der Waals surface area contributed by atoms with Crippen LogP contribution in [0, 0.1) is 6.92 Å². The van der Waals surface area contributed by atoms with E-state index in [0.717, 1.165) is 33.5 Å². The lowest BCUT2D eigenvalue weighted by molar-refractivity contribution is 0.301. The van der Waals surface area contributed by atoms with Crippen molar-refractivity contribution in [3.8, 4) is 5.75 Å². The summed E-state index contributed by atoms with van der Waals surface area (Å²) >= 11 is 3.52. The van der Waals surface area contributed by atoms with E-state index in [9.17, 15) is 0 Å². The van der Waals surface area contributed by atoms with Crippen LogP contribution in [0.25, 0.3) is 0 Å². The number of halogens is 1. The van der Waals surface area contributed by atoms with Crippen LogP contribution in [0.1, 0.15) is 30.5 Å². The van der Waals surface area contributed by atoms with Crippen molar-refractivity contribution in [2.45, 2.75) is 40.0 Å². The molecule has 0 fully saturated rings. The smallest absolute Gasteiger partial charge is 0.124 e. The topological polar surface area (TPSA) is 34.1 Å². The molecule has 1 heterocycles. The van der Waals surface area contributed by atoms with Crippen LogP contribution in [0.2, 0.25) is 0 Å². The van der Waals surface area contributed by atoms with Gasteiger partial charge in [-0.05, 0) is 36.8 Å². The molecule has 0 bridgehead atoms. The zero-order valence-electron chi connectivity index (χ0n) is 12.7. The maximum atomic E-state index is 5.96. The molecule has 2 rings (SSSR count).